The van der Waals surface area contributed by atoms with Crippen molar-refractivity contribution in [3.05, 3.63) is 21.9 Å². The number of methoxy groups -OCH3 is 1. The maximum Gasteiger partial charge on any atom is 0.261 e. The molecule has 1 aromatic heterocycles. The first-order valence-corrected chi connectivity index (χ1v) is 7.02. The number of hydrogen-bond acceptors (Lipinski definition) is 4. The van der Waals surface area contributed by atoms with Crippen molar-refractivity contribution in [3.63, 3.8) is 0 Å². The fourth-order valence-corrected chi connectivity index (χ4v) is 2.44. The summed E-state index contributed by atoms with van der Waals surface area (Å²) in [4.78, 5) is 13.4. The van der Waals surface area contributed by atoms with Gasteiger partial charge in [-0.2, -0.15) is 0 Å². The van der Waals surface area contributed by atoms with Gasteiger partial charge in [-0.15, -0.1) is 11.3 Å². The van der Waals surface area contributed by atoms with Crippen LogP contribution in [0.4, 0.5) is 0 Å². The Morgan fingerprint density at radius 2 is 2.37 bits per heavy atom. The third kappa shape index (κ3) is 5.43. The normalized spacial score (nSPS) is 11.5. The van der Waals surface area contributed by atoms with Crippen LogP contribution in [-0.4, -0.2) is 37.4 Å². The number of rotatable bonds is 6. The van der Waals surface area contributed by atoms with Crippen molar-refractivity contribution in [2.24, 2.45) is 0 Å². The maximum absolute atomic E-state index is 12.0. The van der Waals surface area contributed by atoms with Crippen molar-refractivity contribution in [1.29, 1.82) is 0 Å². The third-order valence-electron chi connectivity index (χ3n) is 2.46. The number of carbonyl (C=O) groups is 1. The van der Waals surface area contributed by atoms with Crippen LogP contribution >= 0.6 is 11.3 Å². The van der Waals surface area contributed by atoms with Gasteiger partial charge in [-0.05, 0) is 18.6 Å². The van der Waals surface area contributed by atoms with Crippen LogP contribution < -0.4 is 5.32 Å². The maximum atomic E-state index is 12.0. The van der Waals surface area contributed by atoms with Gasteiger partial charge < -0.3 is 15.2 Å². The minimum Gasteiger partial charge on any atom is -0.384 e. The summed E-state index contributed by atoms with van der Waals surface area (Å²) in [5.74, 6) is 5.25. The first-order chi connectivity index (χ1) is 9.21. The molecule has 1 heterocycles. The van der Waals surface area contributed by atoms with Crippen LogP contribution in [0.15, 0.2) is 12.1 Å². The Kier molecular flexibility index (Phi) is 7.19. The highest BCUT2D eigenvalue weighted by Gasteiger charge is 2.14. The first-order valence-electron chi connectivity index (χ1n) is 6.20. The highest BCUT2D eigenvalue weighted by molar-refractivity contribution is 7.14. The molecule has 1 unspecified atom stereocenters. The predicted molar refractivity (Wildman–Crippen MR) is 76.3 cm³/mol. The molecule has 0 fully saturated rings. The average molecular weight is 281 g/mol. The molecule has 1 amide bonds. The van der Waals surface area contributed by atoms with Gasteiger partial charge in [0.15, 0.2) is 0 Å². The van der Waals surface area contributed by atoms with Crippen molar-refractivity contribution in [3.8, 4) is 11.8 Å². The lowest BCUT2D eigenvalue weighted by Gasteiger charge is -2.16. The molecule has 0 aliphatic rings. The molecule has 0 radical (unpaired) electrons. The van der Waals surface area contributed by atoms with Crippen molar-refractivity contribution < 1.29 is 14.6 Å². The fraction of sp³-hybridized carbons (Fsp3) is 0.500. The number of nitrogens with one attached hydrogen (secondary N) is 1. The van der Waals surface area contributed by atoms with E-state index in [-0.39, 0.29) is 18.6 Å². The standard InChI is InChI=1S/C14H19NO3S/c1-3-5-11(10-18-2)15-14(17)13-8-7-12(19-13)6-4-9-16/h7-8,11,16H,3,5,9-10H2,1-2H3,(H,15,17). The molecule has 4 nitrogen and oxygen atoms in total. The van der Waals surface area contributed by atoms with Gasteiger partial charge >= 0.3 is 0 Å². The molecule has 0 aliphatic carbocycles. The van der Waals surface area contributed by atoms with Crippen molar-refractivity contribution in [2.45, 2.75) is 25.8 Å². The van der Waals surface area contributed by atoms with E-state index in [0.29, 0.717) is 11.5 Å². The number of ether oxygens (including phenoxy) is 1. The molecule has 19 heavy (non-hydrogen) atoms. The summed E-state index contributed by atoms with van der Waals surface area (Å²) in [6, 6.07) is 3.57. The smallest absolute Gasteiger partial charge is 0.261 e. The van der Waals surface area contributed by atoms with Crippen LogP contribution in [0.2, 0.25) is 0 Å². The van der Waals surface area contributed by atoms with E-state index in [1.165, 1.54) is 11.3 Å². The Bertz CT molecular complexity index is 453. The van der Waals surface area contributed by atoms with Crippen molar-refractivity contribution >= 4 is 17.2 Å². The van der Waals surface area contributed by atoms with E-state index in [1.54, 1.807) is 19.2 Å². The monoisotopic (exact) mass is 281 g/mol. The quantitative estimate of drug-likeness (QED) is 0.779. The minimum atomic E-state index is -0.175. The van der Waals surface area contributed by atoms with Gasteiger partial charge in [0.1, 0.15) is 6.61 Å². The number of aliphatic hydroxyl groups is 1. The number of carbonyl (C=O) groups excluding carboxylic acids is 1. The van der Waals surface area contributed by atoms with Crippen LogP contribution in [0.25, 0.3) is 0 Å². The molecule has 0 aliphatic heterocycles. The summed E-state index contributed by atoms with van der Waals surface area (Å²) in [7, 11) is 1.63. The summed E-state index contributed by atoms with van der Waals surface area (Å²) < 4.78 is 5.09. The Morgan fingerprint density at radius 3 is 3.00 bits per heavy atom. The zero-order valence-electron chi connectivity index (χ0n) is 11.2. The summed E-state index contributed by atoms with van der Waals surface area (Å²) in [5.41, 5.74) is 0. The van der Waals surface area contributed by atoms with Gasteiger partial charge in [-0.1, -0.05) is 25.2 Å². The molecular formula is C14H19NO3S. The number of aliphatic hydroxyl groups excluding tert-OH is 1. The van der Waals surface area contributed by atoms with Crippen molar-refractivity contribution in [1.82, 2.24) is 5.32 Å². The molecule has 0 bridgehead atoms. The fourth-order valence-electron chi connectivity index (χ4n) is 1.66. The summed E-state index contributed by atoms with van der Waals surface area (Å²) in [6.45, 7) is 2.41. The van der Waals surface area contributed by atoms with E-state index >= 15 is 0 Å². The second-order valence-electron chi connectivity index (χ2n) is 4.04. The molecule has 1 rings (SSSR count). The number of amides is 1. The molecule has 0 saturated heterocycles. The lowest BCUT2D eigenvalue weighted by Crippen LogP contribution is -2.37. The van der Waals surface area contributed by atoms with Crippen molar-refractivity contribution in [2.75, 3.05) is 20.3 Å². The Balaban J connectivity index is 2.63. The van der Waals surface area contributed by atoms with Crippen LogP contribution in [0.5, 0.6) is 0 Å². The average Bonchev–Trinajstić information content (AvgIpc) is 2.85. The Labute approximate surface area is 117 Å². The van der Waals surface area contributed by atoms with Gasteiger partial charge in [0, 0.05) is 7.11 Å². The largest absolute Gasteiger partial charge is 0.384 e. The Hall–Kier alpha value is -1.35. The second-order valence-corrected chi connectivity index (χ2v) is 5.12. The van der Waals surface area contributed by atoms with E-state index in [4.69, 9.17) is 9.84 Å². The minimum absolute atomic E-state index is 0.0385. The lowest BCUT2D eigenvalue weighted by atomic mass is 10.2. The molecular weight excluding hydrogens is 262 g/mol. The number of hydrogen-bond donors (Lipinski definition) is 2. The molecule has 104 valence electrons. The molecule has 2 N–H and O–H groups in total. The van der Waals surface area contributed by atoms with E-state index in [2.05, 4.69) is 24.1 Å². The van der Waals surface area contributed by atoms with E-state index in [9.17, 15) is 4.79 Å². The molecule has 1 aromatic rings. The van der Waals surface area contributed by atoms with Crippen LogP contribution in [0.1, 0.15) is 34.3 Å². The second kappa shape index (κ2) is 8.70. The highest BCUT2D eigenvalue weighted by atomic mass is 32.1. The van der Waals surface area contributed by atoms with Crippen LogP contribution in [0, 0.1) is 11.8 Å². The van der Waals surface area contributed by atoms with E-state index in [0.717, 1.165) is 17.7 Å². The SMILES string of the molecule is CCCC(COC)NC(=O)c1ccc(C#CCO)s1. The zero-order chi connectivity index (χ0) is 14.1. The topological polar surface area (TPSA) is 58.6 Å². The first kappa shape index (κ1) is 15.7. The molecule has 0 saturated carbocycles. The van der Waals surface area contributed by atoms with Crippen LogP contribution in [0.3, 0.4) is 0 Å². The van der Waals surface area contributed by atoms with Gasteiger partial charge in [0.2, 0.25) is 0 Å². The summed E-state index contributed by atoms with van der Waals surface area (Å²) >= 11 is 1.32. The van der Waals surface area contributed by atoms with E-state index < -0.39 is 0 Å². The summed E-state index contributed by atoms with van der Waals surface area (Å²) in [6.07, 6.45) is 1.88. The molecule has 1 atom stereocenters. The highest BCUT2D eigenvalue weighted by Crippen LogP contribution is 2.15. The number of thiophene rings is 1. The molecule has 5 heteroatoms. The molecule has 0 aromatic carbocycles. The lowest BCUT2D eigenvalue weighted by molar-refractivity contribution is 0.0895. The zero-order valence-corrected chi connectivity index (χ0v) is 12.0. The van der Waals surface area contributed by atoms with E-state index in [1.807, 2.05) is 0 Å². The van der Waals surface area contributed by atoms with Gasteiger partial charge in [0.25, 0.3) is 5.91 Å². The van der Waals surface area contributed by atoms with Crippen LogP contribution in [-0.2, 0) is 4.74 Å². The predicted octanol–water partition coefficient (Wildman–Crippen LogP) is 1.64. The summed E-state index contributed by atoms with van der Waals surface area (Å²) in [5, 5.41) is 11.6. The van der Waals surface area contributed by atoms with Gasteiger partial charge in [0.05, 0.1) is 22.4 Å². The van der Waals surface area contributed by atoms with Gasteiger partial charge in [-0.3, -0.25) is 4.79 Å². The Morgan fingerprint density at radius 1 is 1.58 bits per heavy atom. The molecule has 0 spiro atoms. The third-order valence-corrected chi connectivity index (χ3v) is 3.46. The van der Waals surface area contributed by atoms with Gasteiger partial charge in [-0.25, -0.2) is 0 Å².